The third kappa shape index (κ3) is 2.25. The smallest absolute Gasteiger partial charge is 0.0445 e. The SMILES string of the molecule is [CH2]C[C@@H](C)CC. The molecule has 0 nitrogen and oxygen atoms in total. The molecule has 0 aromatic rings. The summed E-state index contributed by atoms with van der Waals surface area (Å²) < 4.78 is 0. The predicted octanol–water partition coefficient (Wildman–Crippen LogP) is 2.26. The van der Waals surface area contributed by atoms with Gasteiger partial charge in [0.05, 0.1) is 0 Å². The fourth-order valence-electron chi connectivity index (χ4n) is 0.204. The average Bonchev–Trinajstić information content (AvgIpc) is 1.65. The first kappa shape index (κ1) is 6.00. The van der Waals surface area contributed by atoms with Crippen LogP contribution < -0.4 is 0 Å². The first-order valence-electron chi connectivity index (χ1n) is 2.60. The Kier molecular flexibility index (Phi) is 3.20. The normalized spacial score (nSPS) is 10.0. The van der Waals surface area contributed by atoms with Crippen LogP contribution in [0.4, 0.5) is 0 Å². The van der Waals surface area contributed by atoms with Crippen molar-refractivity contribution in [3.8, 4) is 0 Å². The summed E-state index contributed by atoms with van der Waals surface area (Å²) in [6, 6.07) is 0. The van der Waals surface area contributed by atoms with Crippen molar-refractivity contribution >= 4 is 0 Å². The molecular formula is C6H13. The van der Waals surface area contributed by atoms with Crippen LogP contribution in [0.25, 0.3) is 0 Å². The highest BCUT2D eigenvalue weighted by Gasteiger charge is 1.88. The van der Waals surface area contributed by atoms with Crippen LogP contribution in [0.3, 0.4) is 0 Å². The Morgan fingerprint density at radius 1 is 1.67 bits per heavy atom. The van der Waals surface area contributed by atoms with E-state index >= 15 is 0 Å². The average molecular weight is 85.2 g/mol. The van der Waals surface area contributed by atoms with Crippen molar-refractivity contribution < 1.29 is 0 Å². The minimum atomic E-state index is 0.824. The van der Waals surface area contributed by atoms with Crippen molar-refractivity contribution in [2.24, 2.45) is 5.92 Å². The van der Waals surface area contributed by atoms with Gasteiger partial charge in [0.15, 0.2) is 0 Å². The van der Waals surface area contributed by atoms with Gasteiger partial charge in [0, 0.05) is 0 Å². The van der Waals surface area contributed by atoms with Crippen LogP contribution in [0.15, 0.2) is 0 Å². The molecule has 0 N–H and O–H groups in total. The number of rotatable bonds is 2. The van der Waals surface area contributed by atoms with Crippen LogP contribution in [0.5, 0.6) is 0 Å². The molecular weight excluding hydrogens is 72.1 g/mol. The number of hydrogen-bond acceptors (Lipinski definition) is 0. The largest absolute Gasteiger partial charge is 0.0651 e. The van der Waals surface area contributed by atoms with Gasteiger partial charge in [-0.1, -0.05) is 33.6 Å². The minimum absolute atomic E-state index is 0.824. The summed E-state index contributed by atoms with van der Waals surface area (Å²) in [5.41, 5.74) is 0. The van der Waals surface area contributed by atoms with Crippen LogP contribution >= 0.6 is 0 Å². The van der Waals surface area contributed by atoms with Gasteiger partial charge >= 0.3 is 0 Å². The van der Waals surface area contributed by atoms with Crippen molar-refractivity contribution in [3.05, 3.63) is 6.92 Å². The molecule has 0 aliphatic rings. The molecule has 0 aliphatic carbocycles. The fraction of sp³-hybridized carbons (Fsp3) is 0.833. The predicted molar refractivity (Wildman–Crippen MR) is 29.4 cm³/mol. The van der Waals surface area contributed by atoms with Gasteiger partial charge in [0.2, 0.25) is 0 Å². The summed E-state index contributed by atoms with van der Waals surface area (Å²) in [5.74, 6) is 0.824. The molecule has 0 aromatic heterocycles. The molecule has 0 heterocycles. The Morgan fingerprint density at radius 2 is 2.17 bits per heavy atom. The first-order valence-corrected chi connectivity index (χ1v) is 2.60. The lowest BCUT2D eigenvalue weighted by Crippen LogP contribution is -1.85. The highest BCUT2D eigenvalue weighted by Crippen LogP contribution is 2.02. The monoisotopic (exact) mass is 85.1 g/mol. The van der Waals surface area contributed by atoms with Gasteiger partial charge in [0.25, 0.3) is 0 Å². The van der Waals surface area contributed by atoms with Gasteiger partial charge < -0.3 is 0 Å². The molecule has 0 fully saturated rings. The van der Waals surface area contributed by atoms with Gasteiger partial charge in [-0.3, -0.25) is 0 Å². The van der Waals surface area contributed by atoms with Crippen molar-refractivity contribution in [1.82, 2.24) is 0 Å². The van der Waals surface area contributed by atoms with E-state index in [1.165, 1.54) is 6.42 Å². The van der Waals surface area contributed by atoms with Crippen molar-refractivity contribution in [2.45, 2.75) is 26.7 Å². The summed E-state index contributed by atoms with van der Waals surface area (Å²) >= 11 is 0. The van der Waals surface area contributed by atoms with Crippen molar-refractivity contribution in [2.75, 3.05) is 0 Å². The standard InChI is InChI=1S/C6H13/c1-4-6(3)5-2/h6H,1,4-5H2,2-3H3/t6-/m1/s1. The van der Waals surface area contributed by atoms with Crippen molar-refractivity contribution in [1.29, 1.82) is 0 Å². The second-order valence-corrected chi connectivity index (χ2v) is 1.80. The molecule has 1 radical (unpaired) electrons. The van der Waals surface area contributed by atoms with E-state index in [0.717, 1.165) is 12.3 Å². The highest BCUT2D eigenvalue weighted by molar-refractivity contribution is 4.48. The molecule has 0 heteroatoms. The molecule has 1 atom stereocenters. The Morgan fingerprint density at radius 3 is 2.17 bits per heavy atom. The molecule has 0 unspecified atom stereocenters. The lowest BCUT2D eigenvalue weighted by Gasteiger charge is -1.98. The molecule has 6 heavy (non-hydrogen) atoms. The summed E-state index contributed by atoms with van der Waals surface area (Å²) in [6.45, 7) is 8.16. The minimum Gasteiger partial charge on any atom is -0.0651 e. The Balaban J connectivity index is 2.75. The van der Waals surface area contributed by atoms with Gasteiger partial charge in [-0.25, -0.2) is 0 Å². The Hall–Kier alpha value is 0. The van der Waals surface area contributed by atoms with E-state index in [2.05, 4.69) is 20.8 Å². The van der Waals surface area contributed by atoms with E-state index in [4.69, 9.17) is 0 Å². The molecule has 0 rings (SSSR count). The van der Waals surface area contributed by atoms with E-state index in [0.29, 0.717) is 0 Å². The highest BCUT2D eigenvalue weighted by atomic mass is 13.9. The van der Waals surface area contributed by atoms with Gasteiger partial charge in [-0.2, -0.15) is 0 Å². The third-order valence-electron chi connectivity index (χ3n) is 1.19. The van der Waals surface area contributed by atoms with E-state index in [9.17, 15) is 0 Å². The molecule has 37 valence electrons. The topological polar surface area (TPSA) is 0 Å². The van der Waals surface area contributed by atoms with Gasteiger partial charge in [-0.05, 0) is 5.92 Å². The molecule has 0 amide bonds. The van der Waals surface area contributed by atoms with E-state index in [1.807, 2.05) is 0 Å². The Bertz CT molecular complexity index is 19.2. The maximum absolute atomic E-state index is 3.76. The summed E-state index contributed by atoms with van der Waals surface area (Å²) in [6.07, 6.45) is 2.35. The zero-order chi connectivity index (χ0) is 4.99. The molecule has 0 aliphatic heterocycles. The van der Waals surface area contributed by atoms with Crippen LogP contribution in [0.1, 0.15) is 26.7 Å². The first-order chi connectivity index (χ1) is 2.81. The maximum Gasteiger partial charge on any atom is -0.0445 e. The van der Waals surface area contributed by atoms with Crippen LogP contribution in [0.2, 0.25) is 0 Å². The second kappa shape index (κ2) is 3.20. The zero-order valence-corrected chi connectivity index (χ0v) is 4.70. The molecule has 0 aromatic carbocycles. The zero-order valence-electron chi connectivity index (χ0n) is 4.70. The van der Waals surface area contributed by atoms with E-state index in [-0.39, 0.29) is 0 Å². The third-order valence-corrected chi connectivity index (χ3v) is 1.19. The van der Waals surface area contributed by atoms with E-state index in [1.54, 1.807) is 0 Å². The maximum atomic E-state index is 3.76. The van der Waals surface area contributed by atoms with E-state index < -0.39 is 0 Å². The molecule has 0 spiro atoms. The van der Waals surface area contributed by atoms with Gasteiger partial charge in [-0.15, -0.1) is 0 Å². The summed E-state index contributed by atoms with van der Waals surface area (Å²) in [5, 5.41) is 0. The van der Waals surface area contributed by atoms with Gasteiger partial charge in [0.1, 0.15) is 0 Å². The fourth-order valence-corrected chi connectivity index (χ4v) is 0.204. The van der Waals surface area contributed by atoms with Crippen LogP contribution in [-0.4, -0.2) is 0 Å². The van der Waals surface area contributed by atoms with Crippen LogP contribution in [-0.2, 0) is 0 Å². The second-order valence-electron chi connectivity index (χ2n) is 1.80. The molecule has 0 saturated carbocycles. The quantitative estimate of drug-likeness (QED) is 0.482. The lowest BCUT2D eigenvalue weighted by atomic mass is 10.1. The number of hydrogen-bond donors (Lipinski definition) is 0. The van der Waals surface area contributed by atoms with Crippen LogP contribution in [0, 0.1) is 12.8 Å². The summed E-state index contributed by atoms with van der Waals surface area (Å²) in [7, 11) is 0. The Labute approximate surface area is 40.6 Å². The summed E-state index contributed by atoms with van der Waals surface area (Å²) in [4.78, 5) is 0. The van der Waals surface area contributed by atoms with Crippen molar-refractivity contribution in [3.63, 3.8) is 0 Å². The molecule has 0 saturated heterocycles. The lowest BCUT2D eigenvalue weighted by molar-refractivity contribution is 0.570. The molecule has 0 bridgehead atoms.